The van der Waals surface area contributed by atoms with Gasteiger partial charge in [-0.25, -0.2) is 0 Å². The predicted octanol–water partition coefficient (Wildman–Crippen LogP) is 3.84. The third-order valence-electron chi connectivity index (χ3n) is 5.24. The molecule has 1 nitrogen and oxygen atoms in total. The van der Waals surface area contributed by atoms with E-state index in [-0.39, 0.29) is 0 Å². The van der Waals surface area contributed by atoms with E-state index in [2.05, 4.69) is 26.1 Å². The lowest BCUT2D eigenvalue weighted by Crippen LogP contribution is -2.46. The Balaban J connectivity index is 1.91. The van der Waals surface area contributed by atoms with E-state index in [1.165, 1.54) is 38.5 Å². The van der Waals surface area contributed by atoms with Gasteiger partial charge in [-0.05, 0) is 55.9 Å². The molecule has 0 aromatic heterocycles. The van der Waals surface area contributed by atoms with Gasteiger partial charge in [-0.15, -0.1) is 0 Å². The van der Waals surface area contributed by atoms with Gasteiger partial charge < -0.3 is 5.32 Å². The van der Waals surface area contributed by atoms with Crippen LogP contribution in [-0.2, 0) is 0 Å². The van der Waals surface area contributed by atoms with Crippen molar-refractivity contribution in [1.29, 1.82) is 0 Å². The van der Waals surface area contributed by atoms with Gasteiger partial charge in [0.15, 0.2) is 0 Å². The lowest BCUT2D eigenvalue weighted by Gasteiger charge is -2.43. The highest BCUT2D eigenvalue weighted by Gasteiger charge is 2.36. The van der Waals surface area contributed by atoms with Gasteiger partial charge in [0, 0.05) is 6.04 Å². The van der Waals surface area contributed by atoms with E-state index >= 15 is 0 Å². The van der Waals surface area contributed by atoms with Crippen LogP contribution in [0.5, 0.6) is 0 Å². The predicted molar refractivity (Wildman–Crippen MR) is 70.5 cm³/mol. The van der Waals surface area contributed by atoms with Gasteiger partial charge in [-0.1, -0.05) is 33.6 Å². The van der Waals surface area contributed by atoms with Gasteiger partial charge in [-0.3, -0.25) is 0 Å². The lowest BCUT2D eigenvalue weighted by atomic mass is 9.67. The summed E-state index contributed by atoms with van der Waals surface area (Å²) in [5.74, 6) is 3.88. The maximum absolute atomic E-state index is 3.79. The van der Waals surface area contributed by atoms with E-state index in [0.717, 1.165) is 36.3 Å². The van der Waals surface area contributed by atoms with Crippen molar-refractivity contribution in [2.24, 2.45) is 23.7 Å². The molecule has 0 saturated heterocycles. The zero-order valence-electron chi connectivity index (χ0n) is 11.3. The number of hydrogen-bond acceptors (Lipinski definition) is 1. The quantitative estimate of drug-likeness (QED) is 0.763. The van der Waals surface area contributed by atoms with Crippen LogP contribution in [-0.4, -0.2) is 12.6 Å². The standard InChI is InChI=1S/C15H29N/c1-4-16-15(13-6-5-7-13)14-9-8-11(2)12(3)10-14/h11-16H,4-10H2,1-3H3. The van der Waals surface area contributed by atoms with Crippen molar-refractivity contribution in [3.05, 3.63) is 0 Å². The summed E-state index contributed by atoms with van der Waals surface area (Å²) in [5.41, 5.74) is 0. The molecule has 0 spiro atoms. The Morgan fingerprint density at radius 2 is 1.75 bits per heavy atom. The van der Waals surface area contributed by atoms with Gasteiger partial charge in [0.05, 0.1) is 0 Å². The van der Waals surface area contributed by atoms with Crippen LogP contribution in [0, 0.1) is 23.7 Å². The molecule has 2 aliphatic rings. The molecule has 16 heavy (non-hydrogen) atoms. The minimum absolute atomic E-state index is 0.841. The molecule has 1 heteroatoms. The SMILES string of the molecule is CCNC(C1CCC1)C1CCC(C)C(C)C1. The summed E-state index contributed by atoms with van der Waals surface area (Å²) in [6.45, 7) is 8.31. The Morgan fingerprint density at radius 1 is 1.00 bits per heavy atom. The van der Waals surface area contributed by atoms with Gasteiger partial charge >= 0.3 is 0 Å². The molecule has 0 heterocycles. The van der Waals surface area contributed by atoms with Crippen LogP contribution in [0.2, 0.25) is 0 Å². The van der Waals surface area contributed by atoms with Crippen molar-refractivity contribution in [1.82, 2.24) is 5.32 Å². The Morgan fingerprint density at radius 3 is 2.25 bits per heavy atom. The summed E-state index contributed by atoms with van der Waals surface area (Å²) < 4.78 is 0. The van der Waals surface area contributed by atoms with Crippen molar-refractivity contribution in [2.45, 2.75) is 65.3 Å². The highest BCUT2D eigenvalue weighted by Crippen LogP contribution is 2.41. The Labute approximate surface area is 101 Å². The van der Waals surface area contributed by atoms with Crippen molar-refractivity contribution in [3.8, 4) is 0 Å². The van der Waals surface area contributed by atoms with Gasteiger partial charge in [0.25, 0.3) is 0 Å². The molecule has 4 unspecified atom stereocenters. The highest BCUT2D eigenvalue weighted by molar-refractivity contribution is 4.90. The minimum atomic E-state index is 0.841. The largest absolute Gasteiger partial charge is 0.314 e. The van der Waals surface area contributed by atoms with Crippen LogP contribution in [0.25, 0.3) is 0 Å². The third-order valence-corrected chi connectivity index (χ3v) is 5.24. The maximum atomic E-state index is 3.79. The van der Waals surface area contributed by atoms with E-state index < -0.39 is 0 Å². The molecular formula is C15H29N. The monoisotopic (exact) mass is 223 g/mol. The summed E-state index contributed by atoms with van der Waals surface area (Å²) in [6.07, 6.45) is 8.84. The first-order valence-corrected chi connectivity index (χ1v) is 7.45. The average Bonchev–Trinajstić information content (AvgIpc) is 2.19. The van der Waals surface area contributed by atoms with E-state index in [4.69, 9.17) is 0 Å². The summed E-state index contributed by atoms with van der Waals surface area (Å²) in [5, 5.41) is 3.79. The van der Waals surface area contributed by atoms with Crippen LogP contribution in [0.1, 0.15) is 59.3 Å². The fourth-order valence-corrected chi connectivity index (χ4v) is 3.67. The second-order valence-electron chi connectivity index (χ2n) is 6.30. The van der Waals surface area contributed by atoms with Gasteiger partial charge in [0.2, 0.25) is 0 Å². The zero-order valence-corrected chi connectivity index (χ0v) is 11.3. The first kappa shape index (κ1) is 12.4. The number of hydrogen-bond donors (Lipinski definition) is 1. The van der Waals surface area contributed by atoms with Crippen LogP contribution < -0.4 is 5.32 Å². The minimum Gasteiger partial charge on any atom is -0.314 e. The molecule has 2 aliphatic carbocycles. The topological polar surface area (TPSA) is 12.0 Å². The third kappa shape index (κ3) is 2.61. The molecule has 0 aromatic carbocycles. The molecule has 0 aromatic rings. The van der Waals surface area contributed by atoms with Crippen LogP contribution >= 0.6 is 0 Å². The molecule has 94 valence electrons. The van der Waals surface area contributed by atoms with E-state index in [9.17, 15) is 0 Å². The first-order valence-electron chi connectivity index (χ1n) is 7.45. The van der Waals surface area contributed by atoms with Crippen LogP contribution in [0.4, 0.5) is 0 Å². The smallest absolute Gasteiger partial charge is 0.0124 e. The molecule has 2 rings (SSSR count). The number of rotatable bonds is 4. The van der Waals surface area contributed by atoms with Crippen molar-refractivity contribution in [2.75, 3.05) is 6.54 Å². The maximum Gasteiger partial charge on any atom is 0.0124 e. The molecule has 2 saturated carbocycles. The second-order valence-corrected chi connectivity index (χ2v) is 6.30. The molecule has 0 bridgehead atoms. The first-order chi connectivity index (χ1) is 7.72. The average molecular weight is 223 g/mol. The second kappa shape index (κ2) is 5.53. The van der Waals surface area contributed by atoms with Crippen molar-refractivity contribution < 1.29 is 0 Å². The lowest BCUT2D eigenvalue weighted by molar-refractivity contribution is 0.109. The molecule has 0 radical (unpaired) electrons. The summed E-state index contributed by atoms with van der Waals surface area (Å²) in [7, 11) is 0. The fourth-order valence-electron chi connectivity index (χ4n) is 3.67. The highest BCUT2D eigenvalue weighted by atomic mass is 14.9. The zero-order chi connectivity index (χ0) is 11.5. The Hall–Kier alpha value is -0.0400. The molecule has 1 N–H and O–H groups in total. The Bertz CT molecular complexity index is 209. The molecular weight excluding hydrogens is 194 g/mol. The van der Waals surface area contributed by atoms with Gasteiger partial charge in [0.1, 0.15) is 0 Å². The van der Waals surface area contributed by atoms with E-state index in [0.29, 0.717) is 0 Å². The van der Waals surface area contributed by atoms with Crippen LogP contribution in [0.3, 0.4) is 0 Å². The van der Waals surface area contributed by atoms with E-state index in [1.54, 1.807) is 0 Å². The van der Waals surface area contributed by atoms with Crippen molar-refractivity contribution >= 4 is 0 Å². The normalized spacial score (nSPS) is 38.1. The number of nitrogens with one attached hydrogen (secondary N) is 1. The summed E-state index contributed by atoms with van der Waals surface area (Å²) in [4.78, 5) is 0. The summed E-state index contributed by atoms with van der Waals surface area (Å²) in [6, 6.07) is 0.841. The van der Waals surface area contributed by atoms with Crippen molar-refractivity contribution in [3.63, 3.8) is 0 Å². The molecule has 2 fully saturated rings. The van der Waals surface area contributed by atoms with Gasteiger partial charge in [-0.2, -0.15) is 0 Å². The molecule has 0 aliphatic heterocycles. The molecule has 4 atom stereocenters. The fraction of sp³-hybridized carbons (Fsp3) is 1.00. The molecule has 0 amide bonds. The summed E-state index contributed by atoms with van der Waals surface area (Å²) >= 11 is 0. The Kier molecular flexibility index (Phi) is 4.29. The van der Waals surface area contributed by atoms with E-state index in [1.807, 2.05) is 0 Å². The van der Waals surface area contributed by atoms with Crippen LogP contribution in [0.15, 0.2) is 0 Å².